The highest BCUT2D eigenvalue weighted by atomic mass is 32.2. The quantitative estimate of drug-likeness (QED) is 0.733. The summed E-state index contributed by atoms with van der Waals surface area (Å²) in [5, 5.41) is 2.34. The molecule has 0 unspecified atom stereocenters. The molecule has 118 valence electrons. The van der Waals surface area contributed by atoms with Gasteiger partial charge >= 0.3 is 5.97 Å². The van der Waals surface area contributed by atoms with Gasteiger partial charge in [0.25, 0.3) is 10.0 Å². The van der Waals surface area contributed by atoms with Crippen LogP contribution in [0.25, 0.3) is 10.9 Å². The maximum absolute atomic E-state index is 12.5. The summed E-state index contributed by atoms with van der Waals surface area (Å²) >= 11 is 1.02. The summed E-state index contributed by atoms with van der Waals surface area (Å²) in [6, 6.07) is 10.0. The van der Waals surface area contributed by atoms with Crippen LogP contribution in [0.2, 0.25) is 0 Å². The topological polar surface area (TPSA) is 85.4 Å². The zero-order chi connectivity index (χ0) is 16.4. The fourth-order valence-electron chi connectivity index (χ4n) is 2.10. The third kappa shape index (κ3) is 3.03. The minimum Gasteiger partial charge on any atom is -0.465 e. The molecule has 2 aromatic heterocycles. The molecule has 0 aliphatic carbocycles. The molecule has 2 heterocycles. The molecule has 0 spiro atoms. The summed E-state index contributed by atoms with van der Waals surface area (Å²) in [5.74, 6) is -0.678. The molecular weight excluding hydrogens is 336 g/mol. The van der Waals surface area contributed by atoms with Crippen molar-refractivity contribution >= 4 is 43.9 Å². The van der Waals surface area contributed by atoms with Gasteiger partial charge in [0, 0.05) is 17.3 Å². The monoisotopic (exact) mass is 348 g/mol. The van der Waals surface area contributed by atoms with E-state index >= 15 is 0 Å². The molecule has 0 atom stereocenters. The fourth-order valence-corrected chi connectivity index (χ4v) is 4.49. The predicted octanol–water partition coefficient (Wildman–Crippen LogP) is 2.88. The second-order valence-corrected chi connectivity index (χ2v) is 7.19. The van der Waals surface area contributed by atoms with E-state index in [9.17, 15) is 13.2 Å². The number of hydrogen-bond donors (Lipinski definition) is 1. The van der Waals surface area contributed by atoms with Crippen LogP contribution in [0.1, 0.15) is 9.67 Å². The van der Waals surface area contributed by atoms with Gasteiger partial charge in [0.1, 0.15) is 9.77 Å². The number of nitrogens with one attached hydrogen (secondary N) is 1. The number of aromatic nitrogens is 1. The molecule has 0 aliphatic rings. The van der Waals surface area contributed by atoms with Gasteiger partial charge in [-0.15, -0.1) is 11.3 Å². The summed E-state index contributed by atoms with van der Waals surface area (Å²) in [6.45, 7) is 0. The van der Waals surface area contributed by atoms with Crippen molar-refractivity contribution < 1.29 is 17.9 Å². The van der Waals surface area contributed by atoms with Gasteiger partial charge in [0.15, 0.2) is 0 Å². The van der Waals surface area contributed by atoms with E-state index in [1.165, 1.54) is 18.6 Å². The first kappa shape index (κ1) is 15.4. The van der Waals surface area contributed by atoms with Gasteiger partial charge < -0.3 is 4.74 Å². The highest BCUT2D eigenvalue weighted by Crippen LogP contribution is 2.26. The number of carbonyl (C=O) groups excluding carboxylic acids is 1. The number of benzene rings is 1. The van der Waals surface area contributed by atoms with Gasteiger partial charge in [-0.25, -0.2) is 13.2 Å². The Labute approximate surface area is 136 Å². The van der Waals surface area contributed by atoms with Crippen molar-refractivity contribution in [3.8, 4) is 0 Å². The molecule has 0 aliphatic heterocycles. The number of pyridine rings is 1. The molecule has 23 heavy (non-hydrogen) atoms. The largest absolute Gasteiger partial charge is 0.465 e. The van der Waals surface area contributed by atoms with Gasteiger partial charge in [-0.3, -0.25) is 9.71 Å². The summed E-state index contributed by atoms with van der Waals surface area (Å²) in [7, 11) is -2.67. The number of fused-ring (bicyclic) bond motifs is 1. The van der Waals surface area contributed by atoms with Crippen molar-refractivity contribution in [1.82, 2.24) is 4.98 Å². The summed E-state index contributed by atoms with van der Waals surface area (Å²) in [4.78, 5) is 15.8. The number of carbonyl (C=O) groups is 1. The number of methoxy groups -OCH3 is 1. The van der Waals surface area contributed by atoms with Crippen molar-refractivity contribution in [1.29, 1.82) is 0 Å². The van der Waals surface area contributed by atoms with Gasteiger partial charge in [0.05, 0.1) is 12.6 Å². The molecule has 3 rings (SSSR count). The maximum Gasteiger partial charge on any atom is 0.349 e. The minimum absolute atomic E-state index is 0.0439. The summed E-state index contributed by atoms with van der Waals surface area (Å²) < 4.78 is 32.1. The standard InChI is InChI=1S/C15H12N2O4S2/c1-21-15(18)14-13(6-8-22-14)23(19,20)17-11-4-5-12-10(9-11)3-2-7-16-12/h2-9,17H,1H3. The lowest BCUT2D eigenvalue weighted by molar-refractivity contribution is 0.0602. The Hall–Kier alpha value is -2.45. The van der Waals surface area contributed by atoms with E-state index in [4.69, 9.17) is 0 Å². The molecule has 0 fully saturated rings. The molecule has 0 amide bonds. The first-order valence-corrected chi connectivity index (χ1v) is 8.91. The smallest absolute Gasteiger partial charge is 0.349 e. The molecule has 0 bridgehead atoms. The number of ether oxygens (including phenoxy) is 1. The van der Waals surface area contributed by atoms with E-state index in [0.29, 0.717) is 5.69 Å². The first-order valence-electron chi connectivity index (χ1n) is 6.55. The average Bonchev–Trinajstić information content (AvgIpc) is 3.04. The molecule has 3 aromatic rings. The fraction of sp³-hybridized carbons (Fsp3) is 0.0667. The second kappa shape index (κ2) is 5.98. The number of hydrogen-bond acceptors (Lipinski definition) is 6. The zero-order valence-corrected chi connectivity index (χ0v) is 13.6. The second-order valence-electron chi connectivity index (χ2n) is 4.62. The molecule has 1 N–H and O–H groups in total. The third-order valence-electron chi connectivity index (χ3n) is 3.14. The number of sulfonamides is 1. The Bertz CT molecular complexity index is 980. The molecule has 0 saturated carbocycles. The molecule has 6 nitrogen and oxygen atoms in total. The van der Waals surface area contributed by atoms with Crippen LogP contribution < -0.4 is 4.72 Å². The lowest BCUT2D eigenvalue weighted by Gasteiger charge is -2.09. The van der Waals surface area contributed by atoms with Crippen LogP contribution in [0.4, 0.5) is 5.69 Å². The van der Waals surface area contributed by atoms with Crippen LogP contribution in [-0.4, -0.2) is 26.5 Å². The number of esters is 1. The highest BCUT2D eigenvalue weighted by molar-refractivity contribution is 7.93. The van der Waals surface area contributed by atoms with Crippen LogP contribution in [0.5, 0.6) is 0 Å². The van der Waals surface area contributed by atoms with Crippen LogP contribution in [0.3, 0.4) is 0 Å². The van der Waals surface area contributed by atoms with Crippen LogP contribution in [0.15, 0.2) is 52.9 Å². The highest BCUT2D eigenvalue weighted by Gasteiger charge is 2.24. The molecule has 0 saturated heterocycles. The van der Waals surface area contributed by atoms with Gasteiger partial charge in [-0.2, -0.15) is 0 Å². The maximum atomic E-state index is 12.5. The Kier molecular flexibility index (Phi) is 4.01. The van der Waals surface area contributed by atoms with E-state index in [0.717, 1.165) is 22.2 Å². The Balaban J connectivity index is 1.97. The van der Waals surface area contributed by atoms with Crippen molar-refractivity contribution in [2.45, 2.75) is 4.90 Å². The molecular formula is C15H12N2O4S2. The average molecular weight is 348 g/mol. The SMILES string of the molecule is COC(=O)c1sccc1S(=O)(=O)Nc1ccc2ncccc2c1. The van der Waals surface area contributed by atoms with Crippen LogP contribution in [-0.2, 0) is 14.8 Å². The van der Waals surface area contributed by atoms with Gasteiger partial charge in [-0.05, 0) is 35.7 Å². The zero-order valence-electron chi connectivity index (χ0n) is 12.0. The Morgan fingerprint density at radius 2 is 2.09 bits per heavy atom. The summed E-state index contributed by atoms with van der Waals surface area (Å²) in [5.41, 5.74) is 1.16. The van der Waals surface area contributed by atoms with Crippen molar-refractivity contribution in [2.75, 3.05) is 11.8 Å². The number of anilines is 1. The molecule has 1 aromatic carbocycles. The van der Waals surface area contributed by atoms with E-state index in [1.54, 1.807) is 30.5 Å². The van der Waals surface area contributed by atoms with Crippen molar-refractivity contribution in [2.24, 2.45) is 0 Å². The number of thiophene rings is 1. The summed E-state index contributed by atoms with van der Waals surface area (Å²) in [6.07, 6.45) is 1.67. The van der Waals surface area contributed by atoms with E-state index in [1.807, 2.05) is 6.07 Å². The number of nitrogens with zero attached hydrogens (tertiary/aromatic N) is 1. The van der Waals surface area contributed by atoms with Crippen molar-refractivity contribution in [3.05, 3.63) is 52.9 Å². The Morgan fingerprint density at radius 1 is 1.26 bits per heavy atom. The van der Waals surface area contributed by atoms with E-state index in [2.05, 4.69) is 14.4 Å². The lowest BCUT2D eigenvalue weighted by Crippen LogP contribution is -2.15. The van der Waals surface area contributed by atoms with Crippen LogP contribution in [0, 0.1) is 0 Å². The normalized spacial score (nSPS) is 11.3. The third-order valence-corrected chi connectivity index (χ3v) is 5.59. The van der Waals surface area contributed by atoms with Crippen LogP contribution >= 0.6 is 11.3 Å². The Morgan fingerprint density at radius 3 is 2.87 bits per heavy atom. The van der Waals surface area contributed by atoms with E-state index in [-0.39, 0.29) is 9.77 Å². The molecule has 0 radical (unpaired) electrons. The lowest BCUT2D eigenvalue weighted by atomic mass is 10.2. The van der Waals surface area contributed by atoms with Gasteiger partial charge in [-0.1, -0.05) is 6.07 Å². The first-order chi connectivity index (χ1) is 11.0. The van der Waals surface area contributed by atoms with Gasteiger partial charge in [0.2, 0.25) is 0 Å². The molecule has 8 heteroatoms. The predicted molar refractivity (Wildman–Crippen MR) is 88.2 cm³/mol. The van der Waals surface area contributed by atoms with E-state index < -0.39 is 16.0 Å². The number of rotatable bonds is 4. The minimum atomic E-state index is -3.89. The van der Waals surface area contributed by atoms with Crippen molar-refractivity contribution in [3.63, 3.8) is 0 Å².